The average Bonchev–Trinajstić information content (AvgIpc) is 2.70. The first-order valence-corrected chi connectivity index (χ1v) is 5.11. The largest absolute Gasteiger partial charge is 0.338 e. The maximum Gasteiger partial charge on any atom is 0.244 e. The lowest BCUT2D eigenvalue weighted by Gasteiger charge is -2.31. The first-order valence-electron chi connectivity index (χ1n) is 5.11. The normalized spacial score (nSPS) is 21.7. The molecule has 6 nitrogen and oxygen atoms in total. The number of nitrogens with zero attached hydrogens (tertiary/aromatic N) is 4. The molecular weight excluding hydrogens is 194 g/mol. The summed E-state index contributed by atoms with van der Waals surface area (Å²) in [6.45, 7) is 4.78. The zero-order valence-corrected chi connectivity index (χ0v) is 8.76. The molecule has 1 aromatic heterocycles. The van der Waals surface area contributed by atoms with Crippen LogP contribution in [0.2, 0.25) is 0 Å². The zero-order chi connectivity index (χ0) is 10.7. The van der Waals surface area contributed by atoms with Gasteiger partial charge in [0.25, 0.3) is 0 Å². The number of aromatic nitrogens is 3. The second-order valence-electron chi connectivity index (χ2n) is 3.80. The molecule has 0 unspecified atom stereocenters. The molecule has 1 aliphatic rings. The van der Waals surface area contributed by atoms with Crippen molar-refractivity contribution in [2.24, 2.45) is 0 Å². The van der Waals surface area contributed by atoms with Crippen LogP contribution in [0.5, 0.6) is 0 Å². The van der Waals surface area contributed by atoms with E-state index in [1.807, 2.05) is 4.90 Å². The summed E-state index contributed by atoms with van der Waals surface area (Å²) in [6, 6.07) is 0.374. The van der Waals surface area contributed by atoms with Crippen molar-refractivity contribution in [3.8, 4) is 0 Å². The van der Waals surface area contributed by atoms with Crippen molar-refractivity contribution in [3.05, 3.63) is 12.4 Å². The summed E-state index contributed by atoms with van der Waals surface area (Å²) in [5.74, 6) is 0.105. The number of hydrogen-bond donors (Lipinski definition) is 1. The number of carbonyl (C=O) groups is 1. The highest BCUT2D eigenvalue weighted by Gasteiger charge is 2.20. The smallest absolute Gasteiger partial charge is 0.244 e. The molecule has 15 heavy (non-hydrogen) atoms. The maximum atomic E-state index is 11.8. The van der Waals surface area contributed by atoms with Gasteiger partial charge in [-0.25, -0.2) is 4.68 Å². The van der Waals surface area contributed by atoms with Gasteiger partial charge in [-0.2, -0.15) is 0 Å². The predicted molar refractivity (Wildman–Crippen MR) is 54.1 cm³/mol. The topological polar surface area (TPSA) is 63.1 Å². The Labute approximate surface area is 88.2 Å². The van der Waals surface area contributed by atoms with Gasteiger partial charge < -0.3 is 10.2 Å². The van der Waals surface area contributed by atoms with Gasteiger partial charge in [0.05, 0.1) is 6.20 Å². The van der Waals surface area contributed by atoms with Gasteiger partial charge >= 0.3 is 0 Å². The van der Waals surface area contributed by atoms with E-state index in [4.69, 9.17) is 0 Å². The fraction of sp³-hybridized carbons (Fsp3) is 0.667. The van der Waals surface area contributed by atoms with Gasteiger partial charge in [-0.15, -0.1) is 5.10 Å². The summed E-state index contributed by atoms with van der Waals surface area (Å²) in [4.78, 5) is 13.7. The maximum absolute atomic E-state index is 11.8. The Kier molecular flexibility index (Phi) is 2.96. The van der Waals surface area contributed by atoms with E-state index in [2.05, 4.69) is 22.6 Å². The lowest BCUT2D eigenvalue weighted by Crippen LogP contribution is -2.52. The predicted octanol–water partition coefficient (Wildman–Crippen LogP) is -0.902. The molecule has 1 amide bonds. The molecule has 0 saturated carbocycles. The fourth-order valence-electron chi connectivity index (χ4n) is 1.71. The summed E-state index contributed by atoms with van der Waals surface area (Å²) in [5, 5.41) is 10.7. The molecular formula is C9H15N5O. The second-order valence-corrected chi connectivity index (χ2v) is 3.80. The molecule has 0 radical (unpaired) electrons. The minimum absolute atomic E-state index is 0.105. The summed E-state index contributed by atoms with van der Waals surface area (Å²) in [5.41, 5.74) is 0. The lowest BCUT2D eigenvalue weighted by atomic mass is 10.2. The van der Waals surface area contributed by atoms with Gasteiger partial charge in [0, 0.05) is 31.9 Å². The van der Waals surface area contributed by atoms with E-state index >= 15 is 0 Å². The van der Waals surface area contributed by atoms with Gasteiger partial charge in [-0.05, 0) is 6.92 Å². The molecule has 0 aliphatic carbocycles. The van der Waals surface area contributed by atoms with E-state index in [-0.39, 0.29) is 12.5 Å². The van der Waals surface area contributed by atoms with Crippen LogP contribution in [0.15, 0.2) is 12.4 Å². The van der Waals surface area contributed by atoms with Crippen LogP contribution in [0.3, 0.4) is 0 Å². The van der Waals surface area contributed by atoms with Crippen LogP contribution in [0.4, 0.5) is 0 Å². The highest BCUT2D eigenvalue weighted by atomic mass is 16.2. The molecule has 2 heterocycles. The van der Waals surface area contributed by atoms with Gasteiger partial charge in [0.2, 0.25) is 5.91 Å². The molecule has 1 aromatic rings. The van der Waals surface area contributed by atoms with Crippen molar-refractivity contribution in [2.75, 3.05) is 19.6 Å². The van der Waals surface area contributed by atoms with Crippen molar-refractivity contribution in [2.45, 2.75) is 19.5 Å². The first kappa shape index (κ1) is 10.1. The summed E-state index contributed by atoms with van der Waals surface area (Å²) in [6.07, 6.45) is 3.27. The Balaban J connectivity index is 1.90. The molecule has 1 N–H and O–H groups in total. The monoisotopic (exact) mass is 209 g/mol. The minimum atomic E-state index is 0.105. The summed E-state index contributed by atoms with van der Waals surface area (Å²) < 4.78 is 1.55. The number of carbonyl (C=O) groups excluding carboxylic acids is 1. The van der Waals surface area contributed by atoms with E-state index in [9.17, 15) is 4.79 Å². The number of amides is 1. The Bertz CT molecular complexity index is 323. The van der Waals surface area contributed by atoms with Gasteiger partial charge in [-0.1, -0.05) is 5.21 Å². The van der Waals surface area contributed by atoms with E-state index in [0.29, 0.717) is 6.04 Å². The third-order valence-corrected chi connectivity index (χ3v) is 2.49. The van der Waals surface area contributed by atoms with Crippen molar-refractivity contribution in [3.63, 3.8) is 0 Å². The standard InChI is InChI=1S/C9H15N5O/c1-8-6-13(4-2-10-8)9(15)7-14-5-3-11-12-14/h3,5,8,10H,2,4,6-7H2,1H3/t8-/m1/s1. The zero-order valence-electron chi connectivity index (χ0n) is 8.76. The number of rotatable bonds is 2. The van der Waals surface area contributed by atoms with Crippen molar-refractivity contribution in [1.29, 1.82) is 0 Å². The van der Waals surface area contributed by atoms with Crippen LogP contribution >= 0.6 is 0 Å². The molecule has 2 rings (SSSR count). The molecule has 0 spiro atoms. The third-order valence-electron chi connectivity index (χ3n) is 2.49. The second kappa shape index (κ2) is 4.39. The lowest BCUT2D eigenvalue weighted by molar-refractivity contribution is -0.133. The number of hydrogen-bond acceptors (Lipinski definition) is 4. The molecule has 0 aromatic carbocycles. The Morgan fingerprint density at radius 1 is 1.67 bits per heavy atom. The Hall–Kier alpha value is -1.43. The molecule has 1 atom stereocenters. The van der Waals surface area contributed by atoms with Crippen molar-refractivity contribution < 1.29 is 4.79 Å². The van der Waals surface area contributed by atoms with Crippen LogP contribution in [0.1, 0.15) is 6.92 Å². The average molecular weight is 209 g/mol. The molecule has 6 heteroatoms. The molecule has 1 aliphatic heterocycles. The number of nitrogens with one attached hydrogen (secondary N) is 1. The van der Waals surface area contributed by atoms with E-state index in [1.54, 1.807) is 17.1 Å². The molecule has 1 saturated heterocycles. The van der Waals surface area contributed by atoms with E-state index in [1.165, 1.54) is 0 Å². The minimum Gasteiger partial charge on any atom is -0.338 e. The third kappa shape index (κ3) is 2.53. The van der Waals surface area contributed by atoms with Gasteiger partial charge in [-0.3, -0.25) is 4.79 Å². The van der Waals surface area contributed by atoms with Gasteiger partial charge in [0.15, 0.2) is 0 Å². The van der Waals surface area contributed by atoms with Crippen molar-refractivity contribution in [1.82, 2.24) is 25.2 Å². The van der Waals surface area contributed by atoms with Crippen LogP contribution in [0, 0.1) is 0 Å². The van der Waals surface area contributed by atoms with E-state index < -0.39 is 0 Å². The highest BCUT2D eigenvalue weighted by molar-refractivity contribution is 5.76. The van der Waals surface area contributed by atoms with Crippen LogP contribution < -0.4 is 5.32 Å². The van der Waals surface area contributed by atoms with Crippen LogP contribution in [-0.2, 0) is 11.3 Å². The fourth-order valence-corrected chi connectivity index (χ4v) is 1.71. The first-order chi connectivity index (χ1) is 7.25. The highest BCUT2D eigenvalue weighted by Crippen LogP contribution is 2.00. The quantitative estimate of drug-likeness (QED) is 0.685. The van der Waals surface area contributed by atoms with Crippen LogP contribution in [0.25, 0.3) is 0 Å². The van der Waals surface area contributed by atoms with Gasteiger partial charge in [0.1, 0.15) is 6.54 Å². The number of piperazine rings is 1. The molecule has 1 fully saturated rings. The van der Waals surface area contributed by atoms with Crippen LogP contribution in [-0.4, -0.2) is 51.5 Å². The molecule has 0 bridgehead atoms. The SMILES string of the molecule is C[C@@H]1CN(C(=O)Cn2ccnn2)CCN1. The Morgan fingerprint density at radius 3 is 3.20 bits per heavy atom. The van der Waals surface area contributed by atoms with E-state index in [0.717, 1.165) is 19.6 Å². The summed E-state index contributed by atoms with van der Waals surface area (Å²) in [7, 11) is 0. The molecule has 82 valence electrons. The Morgan fingerprint density at radius 2 is 2.53 bits per heavy atom. The summed E-state index contributed by atoms with van der Waals surface area (Å²) >= 11 is 0. The van der Waals surface area contributed by atoms with Crippen molar-refractivity contribution >= 4 is 5.91 Å².